The molecule has 0 radical (unpaired) electrons. The zero-order valence-corrected chi connectivity index (χ0v) is 5.31. The Morgan fingerprint density at radius 2 is 2.33 bits per heavy atom. The number of aldehydes is 1. The van der Waals surface area contributed by atoms with E-state index in [1.165, 1.54) is 0 Å². The average molecular weight is 130 g/mol. The van der Waals surface area contributed by atoms with E-state index >= 15 is 0 Å². The Bertz CT molecular complexity index is 103. The first kappa shape index (κ1) is 8.10. The minimum absolute atomic E-state index is 0.0977. The van der Waals surface area contributed by atoms with Gasteiger partial charge in [0.05, 0.1) is 13.1 Å². The third-order valence-corrected chi connectivity index (χ3v) is 0.720. The van der Waals surface area contributed by atoms with Crippen LogP contribution in [0.25, 0.3) is 0 Å². The summed E-state index contributed by atoms with van der Waals surface area (Å²) in [6, 6.07) is 0. The van der Waals surface area contributed by atoms with Crippen LogP contribution in [0, 0.1) is 0 Å². The molecule has 0 aromatic rings. The second kappa shape index (κ2) is 5.24. The first-order valence-electron chi connectivity index (χ1n) is 2.66. The van der Waals surface area contributed by atoms with Crippen LogP contribution in [0.1, 0.15) is 0 Å². The number of amides is 1. The topological polar surface area (TPSA) is 58.2 Å². The molecule has 0 aliphatic heterocycles. The molecule has 0 heterocycles. The van der Waals surface area contributed by atoms with Crippen molar-refractivity contribution < 1.29 is 9.59 Å². The lowest BCUT2D eigenvalue weighted by Gasteiger charge is -1.97. The highest BCUT2D eigenvalue weighted by molar-refractivity contribution is 5.79. The van der Waals surface area contributed by atoms with Crippen molar-refractivity contribution >= 4 is 12.2 Å². The van der Waals surface area contributed by atoms with Crippen LogP contribution in [-0.4, -0.2) is 32.3 Å². The van der Waals surface area contributed by atoms with E-state index in [0.717, 1.165) is 0 Å². The van der Waals surface area contributed by atoms with E-state index in [2.05, 4.69) is 10.6 Å². The fourth-order valence-corrected chi connectivity index (χ4v) is 0.379. The van der Waals surface area contributed by atoms with Crippen molar-refractivity contribution in [2.24, 2.45) is 0 Å². The highest BCUT2D eigenvalue weighted by Gasteiger charge is 1.93. The van der Waals surface area contributed by atoms with E-state index in [0.29, 0.717) is 6.29 Å². The number of rotatable bonds is 4. The van der Waals surface area contributed by atoms with E-state index in [4.69, 9.17) is 0 Å². The molecule has 0 atom stereocenters. The average Bonchev–Trinajstić information content (AvgIpc) is 1.85. The van der Waals surface area contributed by atoms with Gasteiger partial charge in [-0.05, 0) is 7.05 Å². The van der Waals surface area contributed by atoms with E-state index in [9.17, 15) is 9.59 Å². The summed E-state index contributed by atoms with van der Waals surface area (Å²) in [6.45, 7) is 0.356. The molecule has 0 aromatic carbocycles. The van der Waals surface area contributed by atoms with Crippen molar-refractivity contribution in [1.82, 2.24) is 10.6 Å². The maximum Gasteiger partial charge on any atom is 0.234 e. The normalized spacial score (nSPS) is 8.56. The fourth-order valence-electron chi connectivity index (χ4n) is 0.379. The molecule has 0 aromatic heterocycles. The molecule has 2 N–H and O–H groups in total. The molecule has 0 saturated carbocycles. The zero-order chi connectivity index (χ0) is 7.11. The van der Waals surface area contributed by atoms with Crippen molar-refractivity contribution in [3.05, 3.63) is 0 Å². The monoisotopic (exact) mass is 130 g/mol. The Hall–Kier alpha value is -0.900. The van der Waals surface area contributed by atoms with E-state index in [1.807, 2.05) is 0 Å². The van der Waals surface area contributed by atoms with Gasteiger partial charge in [-0.1, -0.05) is 0 Å². The first-order chi connectivity index (χ1) is 4.31. The van der Waals surface area contributed by atoms with Crippen LogP contribution in [0.3, 0.4) is 0 Å². The van der Waals surface area contributed by atoms with Crippen LogP contribution in [0.2, 0.25) is 0 Å². The van der Waals surface area contributed by atoms with Crippen molar-refractivity contribution in [3.63, 3.8) is 0 Å². The van der Waals surface area contributed by atoms with Crippen LogP contribution in [0.4, 0.5) is 0 Å². The number of likely N-dealkylation sites (N-methyl/N-ethyl adjacent to an activating group) is 1. The van der Waals surface area contributed by atoms with Crippen molar-refractivity contribution in [2.45, 2.75) is 0 Å². The highest BCUT2D eigenvalue weighted by Crippen LogP contribution is 1.57. The van der Waals surface area contributed by atoms with Crippen LogP contribution >= 0.6 is 0 Å². The second-order valence-corrected chi connectivity index (χ2v) is 1.50. The first-order valence-corrected chi connectivity index (χ1v) is 2.66. The molecule has 1 amide bonds. The fraction of sp³-hybridized carbons (Fsp3) is 0.600. The van der Waals surface area contributed by atoms with E-state index < -0.39 is 0 Å². The summed E-state index contributed by atoms with van der Waals surface area (Å²) >= 11 is 0. The maximum absolute atomic E-state index is 10.5. The molecular formula is C5H10N2O2. The molecule has 4 heteroatoms. The predicted octanol–water partition coefficient (Wildman–Crippen LogP) is -1.48. The number of carbonyl (C=O) groups excluding carboxylic acids is 2. The summed E-state index contributed by atoms with van der Waals surface area (Å²) in [5.41, 5.74) is 0. The van der Waals surface area contributed by atoms with Gasteiger partial charge in [0.1, 0.15) is 6.29 Å². The highest BCUT2D eigenvalue weighted by atomic mass is 16.2. The molecule has 9 heavy (non-hydrogen) atoms. The van der Waals surface area contributed by atoms with Crippen LogP contribution in [-0.2, 0) is 9.59 Å². The molecular weight excluding hydrogens is 120 g/mol. The molecule has 0 aliphatic rings. The van der Waals surface area contributed by atoms with Gasteiger partial charge in [-0.25, -0.2) is 0 Å². The third kappa shape index (κ3) is 4.96. The quantitative estimate of drug-likeness (QED) is 0.456. The van der Waals surface area contributed by atoms with E-state index in [-0.39, 0.29) is 19.0 Å². The smallest absolute Gasteiger partial charge is 0.234 e. The van der Waals surface area contributed by atoms with Gasteiger partial charge < -0.3 is 15.4 Å². The molecule has 4 nitrogen and oxygen atoms in total. The Labute approximate surface area is 53.6 Å². The molecule has 52 valence electrons. The Kier molecular flexibility index (Phi) is 4.72. The summed E-state index contributed by atoms with van der Waals surface area (Å²) in [7, 11) is 1.67. The summed E-state index contributed by atoms with van der Waals surface area (Å²) in [5.74, 6) is -0.162. The minimum Gasteiger partial charge on any atom is -0.348 e. The van der Waals surface area contributed by atoms with Crippen molar-refractivity contribution in [3.8, 4) is 0 Å². The Balaban J connectivity index is 3.16. The molecule has 0 saturated heterocycles. The standard InChI is InChI=1S/C5H10N2O2/c1-6-4-5(9)7-2-3-8/h3,6H,2,4H2,1H3,(H,7,9). The molecule has 0 fully saturated rings. The number of carbonyl (C=O) groups is 2. The minimum atomic E-state index is -0.162. The summed E-state index contributed by atoms with van der Waals surface area (Å²) in [4.78, 5) is 20.1. The zero-order valence-electron chi connectivity index (χ0n) is 5.31. The molecule has 0 bridgehead atoms. The molecule has 0 rings (SSSR count). The van der Waals surface area contributed by atoms with Crippen LogP contribution < -0.4 is 10.6 Å². The number of hydrogen-bond donors (Lipinski definition) is 2. The molecule has 0 spiro atoms. The van der Waals surface area contributed by atoms with Gasteiger partial charge in [0.15, 0.2) is 0 Å². The lowest BCUT2D eigenvalue weighted by Crippen LogP contribution is -2.33. The van der Waals surface area contributed by atoms with Crippen LogP contribution in [0.5, 0.6) is 0 Å². The van der Waals surface area contributed by atoms with Gasteiger partial charge in [0.25, 0.3) is 0 Å². The number of hydrogen-bond acceptors (Lipinski definition) is 3. The lowest BCUT2D eigenvalue weighted by atomic mass is 10.5. The number of nitrogens with one attached hydrogen (secondary N) is 2. The van der Waals surface area contributed by atoms with Crippen molar-refractivity contribution in [2.75, 3.05) is 20.1 Å². The second-order valence-electron chi connectivity index (χ2n) is 1.50. The Morgan fingerprint density at radius 1 is 1.67 bits per heavy atom. The summed E-state index contributed by atoms with van der Waals surface area (Å²) in [6.07, 6.45) is 0.646. The molecule has 0 aliphatic carbocycles. The SMILES string of the molecule is CNCC(=O)NCC=O. The van der Waals surface area contributed by atoms with Crippen LogP contribution in [0.15, 0.2) is 0 Å². The molecule has 0 unspecified atom stereocenters. The Morgan fingerprint density at radius 3 is 2.78 bits per heavy atom. The largest absolute Gasteiger partial charge is 0.348 e. The lowest BCUT2D eigenvalue weighted by molar-refractivity contribution is -0.121. The summed E-state index contributed by atoms with van der Waals surface area (Å²) < 4.78 is 0. The van der Waals surface area contributed by atoms with E-state index in [1.54, 1.807) is 7.05 Å². The summed E-state index contributed by atoms with van der Waals surface area (Å²) in [5, 5.41) is 5.01. The van der Waals surface area contributed by atoms with Gasteiger partial charge >= 0.3 is 0 Å². The third-order valence-electron chi connectivity index (χ3n) is 0.720. The van der Waals surface area contributed by atoms with Gasteiger partial charge in [0, 0.05) is 0 Å². The maximum atomic E-state index is 10.5. The van der Waals surface area contributed by atoms with Crippen molar-refractivity contribution in [1.29, 1.82) is 0 Å². The predicted molar refractivity (Wildman–Crippen MR) is 33.0 cm³/mol. The van der Waals surface area contributed by atoms with Gasteiger partial charge in [0.2, 0.25) is 5.91 Å². The van der Waals surface area contributed by atoms with Gasteiger partial charge in [-0.2, -0.15) is 0 Å². The van der Waals surface area contributed by atoms with Gasteiger partial charge in [-0.3, -0.25) is 4.79 Å². The van der Waals surface area contributed by atoms with Gasteiger partial charge in [-0.15, -0.1) is 0 Å².